The van der Waals surface area contributed by atoms with Crippen molar-refractivity contribution < 1.29 is 13.2 Å². The van der Waals surface area contributed by atoms with Crippen molar-refractivity contribution in [1.82, 2.24) is 0 Å². The summed E-state index contributed by atoms with van der Waals surface area (Å²) in [6.45, 7) is 0. The highest BCUT2D eigenvalue weighted by molar-refractivity contribution is 7.90. The van der Waals surface area contributed by atoms with Crippen LogP contribution in [0.2, 0.25) is 0 Å². The second kappa shape index (κ2) is 2.05. The van der Waals surface area contributed by atoms with Gasteiger partial charge in [0.1, 0.15) is 16.1 Å². The average Bonchev–Trinajstić information content (AvgIpc) is 2.45. The first-order chi connectivity index (χ1) is 4.47. The van der Waals surface area contributed by atoms with Crippen LogP contribution < -0.4 is 0 Å². The average molecular weight is 162 g/mol. The molecule has 1 rings (SSSR count). The number of hydrogen-bond donors (Lipinski definition) is 0. The van der Waals surface area contributed by atoms with Gasteiger partial charge in [0, 0.05) is 11.7 Å². The molecule has 1 aliphatic carbocycles. The lowest BCUT2D eigenvalue weighted by molar-refractivity contribution is -0.111. The van der Waals surface area contributed by atoms with Crippen LogP contribution in [0.3, 0.4) is 0 Å². The summed E-state index contributed by atoms with van der Waals surface area (Å²) in [4.78, 5) is 10.3. The Labute approximate surface area is 60.3 Å². The molecule has 1 aliphatic rings. The Morgan fingerprint density at radius 2 is 2.00 bits per heavy atom. The largest absolute Gasteiger partial charge is 0.303 e. The molecule has 0 aromatic rings. The van der Waals surface area contributed by atoms with Crippen molar-refractivity contribution in [2.24, 2.45) is 5.41 Å². The van der Waals surface area contributed by atoms with Crippen molar-refractivity contribution in [2.45, 2.75) is 12.8 Å². The fraction of sp³-hybridized carbons (Fsp3) is 0.833. The second-order valence-corrected chi connectivity index (χ2v) is 5.19. The molecule has 0 saturated heterocycles. The zero-order valence-electron chi connectivity index (χ0n) is 5.83. The fourth-order valence-corrected chi connectivity index (χ4v) is 2.38. The summed E-state index contributed by atoms with van der Waals surface area (Å²) in [5.74, 6) is 0.0312. The van der Waals surface area contributed by atoms with Gasteiger partial charge in [-0.1, -0.05) is 0 Å². The molecule has 1 fully saturated rings. The van der Waals surface area contributed by atoms with Crippen LogP contribution in [0.5, 0.6) is 0 Å². The number of carbonyl (C=O) groups is 1. The number of rotatable bonds is 3. The van der Waals surface area contributed by atoms with Crippen LogP contribution in [0.4, 0.5) is 0 Å². The molecule has 0 bridgehead atoms. The van der Waals surface area contributed by atoms with Gasteiger partial charge in [0.05, 0.1) is 5.75 Å². The maximum atomic E-state index is 10.7. The van der Waals surface area contributed by atoms with Crippen molar-refractivity contribution in [3.05, 3.63) is 0 Å². The Morgan fingerprint density at radius 3 is 2.10 bits per heavy atom. The molecule has 1 saturated carbocycles. The van der Waals surface area contributed by atoms with Crippen LogP contribution in [0.15, 0.2) is 0 Å². The Balaban J connectivity index is 2.62. The SMILES string of the molecule is CS(=O)(=O)CC1(C=O)CC1. The van der Waals surface area contributed by atoms with Crippen LogP contribution in [0.1, 0.15) is 12.8 Å². The van der Waals surface area contributed by atoms with Gasteiger partial charge in [0.2, 0.25) is 0 Å². The number of carbonyl (C=O) groups excluding carboxylic acids is 1. The van der Waals surface area contributed by atoms with Gasteiger partial charge in [0.25, 0.3) is 0 Å². The standard InChI is InChI=1S/C6H10O3S/c1-10(8,9)5-6(4-7)2-3-6/h4H,2-3,5H2,1H3. The predicted octanol–water partition coefficient (Wildman–Crippen LogP) is 0.0101. The molecule has 0 aromatic heterocycles. The molecule has 58 valence electrons. The quantitative estimate of drug-likeness (QED) is 0.549. The van der Waals surface area contributed by atoms with E-state index in [1.807, 2.05) is 0 Å². The number of sulfone groups is 1. The molecule has 0 amide bonds. The third kappa shape index (κ3) is 1.80. The Kier molecular flexibility index (Phi) is 1.58. The first kappa shape index (κ1) is 7.72. The van der Waals surface area contributed by atoms with E-state index in [2.05, 4.69) is 0 Å². The minimum absolute atomic E-state index is 0.0312. The molecule has 0 heterocycles. The van der Waals surface area contributed by atoms with Gasteiger partial charge < -0.3 is 4.79 Å². The van der Waals surface area contributed by atoms with E-state index >= 15 is 0 Å². The molecule has 0 atom stereocenters. The van der Waals surface area contributed by atoms with Gasteiger partial charge in [-0.25, -0.2) is 8.42 Å². The van der Waals surface area contributed by atoms with Gasteiger partial charge in [-0.3, -0.25) is 0 Å². The van der Waals surface area contributed by atoms with E-state index in [9.17, 15) is 13.2 Å². The highest BCUT2D eigenvalue weighted by Gasteiger charge is 2.45. The third-order valence-corrected chi connectivity index (χ3v) is 2.79. The van der Waals surface area contributed by atoms with Crippen molar-refractivity contribution in [2.75, 3.05) is 12.0 Å². The summed E-state index contributed by atoms with van der Waals surface area (Å²) in [7, 11) is -2.96. The molecule has 0 spiro atoms. The normalized spacial score (nSPS) is 22.1. The Morgan fingerprint density at radius 1 is 1.50 bits per heavy atom. The Bertz CT molecular complexity index is 236. The van der Waals surface area contributed by atoms with Gasteiger partial charge in [0.15, 0.2) is 0 Å². The number of hydrogen-bond acceptors (Lipinski definition) is 3. The lowest BCUT2D eigenvalue weighted by atomic mass is 10.2. The summed E-state index contributed by atoms with van der Waals surface area (Å²) in [5.41, 5.74) is -0.492. The molecule has 4 heteroatoms. The van der Waals surface area contributed by atoms with Gasteiger partial charge in [-0.15, -0.1) is 0 Å². The maximum Gasteiger partial charge on any atom is 0.148 e. The van der Waals surface area contributed by atoms with Crippen LogP contribution in [0, 0.1) is 5.41 Å². The molecule has 3 nitrogen and oxygen atoms in total. The van der Waals surface area contributed by atoms with Crippen molar-refractivity contribution in [3.8, 4) is 0 Å². The lowest BCUT2D eigenvalue weighted by Gasteiger charge is -2.01. The second-order valence-electron chi connectivity index (χ2n) is 3.05. The van der Waals surface area contributed by atoms with Gasteiger partial charge in [-0.05, 0) is 12.8 Å². The smallest absolute Gasteiger partial charge is 0.148 e. The zero-order valence-corrected chi connectivity index (χ0v) is 6.65. The fourth-order valence-electron chi connectivity index (χ4n) is 0.979. The predicted molar refractivity (Wildman–Crippen MR) is 37.4 cm³/mol. The van der Waals surface area contributed by atoms with E-state index in [0.29, 0.717) is 0 Å². The van der Waals surface area contributed by atoms with E-state index in [4.69, 9.17) is 0 Å². The Hall–Kier alpha value is -0.380. The maximum absolute atomic E-state index is 10.7. The minimum Gasteiger partial charge on any atom is -0.303 e. The highest BCUT2D eigenvalue weighted by atomic mass is 32.2. The summed E-state index contributed by atoms with van der Waals surface area (Å²) in [5, 5.41) is 0. The molecule has 10 heavy (non-hydrogen) atoms. The van der Waals surface area contributed by atoms with Crippen LogP contribution >= 0.6 is 0 Å². The molecule has 0 aliphatic heterocycles. The monoisotopic (exact) mass is 162 g/mol. The molecule has 0 unspecified atom stereocenters. The van der Waals surface area contributed by atoms with E-state index in [1.165, 1.54) is 0 Å². The zero-order chi connectivity index (χ0) is 7.83. The molecule has 0 N–H and O–H groups in total. The van der Waals surface area contributed by atoms with Crippen molar-refractivity contribution >= 4 is 16.1 Å². The summed E-state index contributed by atoms with van der Waals surface area (Å²) < 4.78 is 21.4. The van der Waals surface area contributed by atoms with Crippen LogP contribution in [0.25, 0.3) is 0 Å². The van der Waals surface area contributed by atoms with E-state index < -0.39 is 15.3 Å². The lowest BCUT2D eigenvalue weighted by Crippen LogP contribution is -2.16. The number of aldehydes is 1. The van der Waals surface area contributed by atoms with Gasteiger partial charge >= 0.3 is 0 Å². The first-order valence-corrected chi connectivity index (χ1v) is 5.18. The topological polar surface area (TPSA) is 51.2 Å². The summed E-state index contributed by atoms with van der Waals surface area (Å²) >= 11 is 0. The van der Waals surface area contributed by atoms with E-state index in [1.54, 1.807) is 0 Å². The van der Waals surface area contributed by atoms with Crippen LogP contribution in [-0.4, -0.2) is 26.7 Å². The molecule has 0 radical (unpaired) electrons. The minimum atomic E-state index is -2.96. The van der Waals surface area contributed by atoms with Crippen molar-refractivity contribution in [1.29, 1.82) is 0 Å². The summed E-state index contributed by atoms with van der Waals surface area (Å²) in [6.07, 6.45) is 3.41. The van der Waals surface area contributed by atoms with Gasteiger partial charge in [-0.2, -0.15) is 0 Å². The highest BCUT2D eigenvalue weighted by Crippen LogP contribution is 2.44. The summed E-state index contributed by atoms with van der Waals surface area (Å²) in [6, 6.07) is 0. The molecular formula is C6H10O3S. The van der Waals surface area contributed by atoms with E-state index in [0.717, 1.165) is 25.4 Å². The first-order valence-electron chi connectivity index (χ1n) is 3.12. The third-order valence-electron chi connectivity index (χ3n) is 1.69. The van der Waals surface area contributed by atoms with E-state index in [-0.39, 0.29) is 5.75 Å². The van der Waals surface area contributed by atoms with Crippen molar-refractivity contribution in [3.63, 3.8) is 0 Å². The van der Waals surface area contributed by atoms with Crippen LogP contribution in [-0.2, 0) is 14.6 Å². The molecular weight excluding hydrogens is 152 g/mol. The molecule has 0 aromatic carbocycles.